The second kappa shape index (κ2) is 5.74. The van der Waals surface area contributed by atoms with Crippen LogP contribution in [0.15, 0.2) is 18.2 Å². The third-order valence-electron chi connectivity index (χ3n) is 5.11. The molecule has 0 radical (unpaired) electrons. The number of likely N-dealkylation sites (tertiary alicyclic amines) is 1. The molecule has 2 aliphatic rings. The van der Waals surface area contributed by atoms with E-state index >= 15 is 0 Å². The lowest BCUT2D eigenvalue weighted by Gasteiger charge is -2.36. The van der Waals surface area contributed by atoms with Crippen molar-refractivity contribution in [1.82, 2.24) is 9.80 Å². The molecule has 1 aliphatic heterocycles. The SMILES string of the molecule is CN1CCCC1CN(C)C1CCCc2ccc(O)cc21. The van der Waals surface area contributed by atoms with Crippen LogP contribution in [0.25, 0.3) is 0 Å². The van der Waals surface area contributed by atoms with E-state index in [2.05, 4.69) is 30.0 Å². The highest BCUT2D eigenvalue weighted by molar-refractivity contribution is 5.38. The zero-order valence-electron chi connectivity index (χ0n) is 12.7. The molecule has 3 rings (SSSR count). The van der Waals surface area contributed by atoms with E-state index in [1.807, 2.05) is 12.1 Å². The number of hydrogen-bond donors (Lipinski definition) is 1. The van der Waals surface area contributed by atoms with Crippen LogP contribution in [0.3, 0.4) is 0 Å². The second-order valence-corrected chi connectivity index (χ2v) is 6.51. The normalized spacial score (nSPS) is 26.9. The number of benzene rings is 1. The van der Waals surface area contributed by atoms with E-state index in [-0.39, 0.29) is 0 Å². The molecule has 1 fully saturated rings. The fraction of sp³-hybridized carbons (Fsp3) is 0.647. The van der Waals surface area contributed by atoms with Crippen LogP contribution >= 0.6 is 0 Å². The number of aromatic hydroxyl groups is 1. The molecule has 3 nitrogen and oxygen atoms in total. The lowest BCUT2D eigenvalue weighted by molar-refractivity contribution is 0.164. The minimum absolute atomic E-state index is 0.405. The summed E-state index contributed by atoms with van der Waals surface area (Å²) >= 11 is 0. The van der Waals surface area contributed by atoms with Crippen LogP contribution in [0.1, 0.15) is 42.9 Å². The monoisotopic (exact) mass is 274 g/mol. The molecule has 0 bridgehead atoms. The van der Waals surface area contributed by atoms with E-state index in [0.29, 0.717) is 17.8 Å². The number of fused-ring (bicyclic) bond motifs is 1. The molecule has 1 heterocycles. The zero-order chi connectivity index (χ0) is 14.1. The van der Waals surface area contributed by atoms with Crippen molar-refractivity contribution < 1.29 is 5.11 Å². The quantitative estimate of drug-likeness (QED) is 0.918. The van der Waals surface area contributed by atoms with Gasteiger partial charge in [-0.1, -0.05) is 6.07 Å². The molecule has 1 aromatic carbocycles. The van der Waals surface area contributed by atoms with Gasteiger partial charge in [0, 0.05) is 18.6 Å². The predicted octanol–water partition coefficient (Wildman–Crippen LogP) is 2.80. The molecule has 1 saturated heterocycles. The first-order valence-corrected chi connectivity index (χ1v) is 7.87. The summed E-state index contributed by atoms with van der Waals surface area (Å²) < 4.78 is 0. The van der Waals surface area contributed by atoms with E-state index < -0.39 is 0 Å². The van der Waals surface area contributed by atoms with Crippen molar-refractivity contribution in [2.24, 2.45) is 0 Å². The molecule has 1 aliphatic carbocycles. The topological polar surface area (TPSA) is 26.7 Å². The molecule has 20 heavy (non-hydrogen) atoms. The maximum Gasteiger partial charge on any atom is 0.115 e. The number of aryl methyl sites for hydroxylation is 1. The third kappa shape index (κ3) is 2.70. The van der Waals surface area contributed by atoms with Gasteiger partial charge in [-0.3, -0.25) is 4.90 Å². The van der Waals surface area contributed by atoms with Crippen LogP contribution in [-0.2, 0) is 6.42 Å². The van der Waals surface area contributed by atoms with Gasteiger partial charge < -0.3 is 10.0 Å². The predicted molar refractivity (Wildman–Crippen MR) is 82.1 cm³/mol. The van der Waals surface area contributed by atoms with Gasteiger partial charge in [-0.15, -0.1) is 0 Å². The molecule has 0 amide bonds. The molecule has 2 atom stereocenters. The van der Waals surface area contributed by atoms with Gasteiger partial charge in [0.25, 0.3) is 0 Å². The van der Waals surface area contributed by atoms with Gasteiger partial charge in [-0.2, -0.15) is 0 Å². The van der Waals surface area contributed by atoms with Crippen molar-refractivity contribution in [2.75, 3.05) is 27.2 Å². The van der Waals surface area contributed by atoms with E-state index in [4.69, 9.17) is 0 Å². The van der Waals surface area contributed by atoms with Gasteiger partial charge in [-0.25, -0.2) is 0 Å². The average Bonchev–Trinajstić information content (AvgIpc) is 2.83. The highest BCUT2D eigenvalue weighted by Gasteiger charge is 2.28. The van der Waals surface area contributed by atoms with Gasteiger partial charge in [0.1, 0.15) is 5.75 Å². The summed E-state index contributed by atoms with van der Waals surface area (Å²) in [6, 6.07) is 7.08. The number of phenols is 1. The first-order valence-electron chi connectivity index (χ1n) is 7.87. The molecule has 1 aromatic rings. The lowest BCUT2D eigenvalue weighted by atomic mass is 9.86. The van der Waals surface area contributed by atoms with Crippen LogP contribution in [0.5, 0.6) is 5.75 Å². The Hall–Kier alpha value is -1.06. The van der Waals surface area contributed by atoms with Crippen LogP contribution in [-0.4, -0.2) is 48.1 Å². The Morgan fingerprint density at radius 3 is 2.90 bits per heavy atom. The molecule has 0 spiro atoms. The molecule has 2 unspecified atom stereocenters. The van der Waals surface area contributed by atoms with Crippen molar-refractivity contribution in [3.63, 3.8) is 0 Å². The zero-order valence-corrected chi connectivity index (χ0v) is 12.7. The molecule has 0 aromatic heterocycles. The first kappa shape index (κ1) is 13.9. The van der Waals surface area contributed by atoms with Gasteiger partial charge in [0.2, 0.25) is 0 Å². The molecule has 0 saturated carbocycles. The first-order chi connectivity index (χ1) is 9.65. The Morgan fingerprint density at radius 2 is 2.15 bits per heavy atom. The van der Waals surface area contributed by atoms with Crippen molar-refractivity contribution in [3.05, 3.63) is 29.3 Å². The molecular weight excluding hydrogens is 248 g/mol. The van der Waals surface area contributed by atoms with Crippen LogP contribution in [0, 0.1) is 0 Å². The van der Waals surface area contributed by atoms with E-state index in [1.165, 1.54) is 43.4 Å². The number of rotatable bonds is 3. The summed E-state index contributed by atoms with van der Waals surface area (Å²) in [7, 11) is 4.49. The summed E-state index contributed by atoms with van der Waals surface area (Å²) in [5.74, 6) is 0.405. The third-order valence-corrected chi connectivity index (χ3v) is 5.11. The second-order valence-electron chi connectivity index (χ2n) is 6.51. The summed E-state index contributed by atoms with van der Waals surface area (Å²) in [5.41, 5.74) is 2.77. The number of hydrogen-bond acceptors (Lipinski definition) is 3. The smallest absolute Gasteiger partial charge is 0.115 e. The van der Waals surface area contributed by atoms with Crippen molar-refractivity contribution in [3.8, 4) is 5.75 Å². The largest absolute Gasteiger partial charge is 0.508 e. The molecule has 1 N–H and O–H groups in total. The van der Waals surface area contributed by atoms with E-state index in [0.717, 1.165) is 13.0 Å². The summed E-state index contributed by atoms with van der Waals surface area (Å²) in [4.78, 5) is 4.99. The van der Waals surface area contributed by atoms with Crippen LogP contribution < -0.4 is 0 Å². The lowest BCUT2D eigenvalue weighted by Crippen LogP contribution is -2.39. The fourth-order valence-corrected chi connectivity index (χ4v) is 3.89. The Kier molecular flexibility index (Phi) is 3.99. The maximum atomic E-state index is 9.79. The Balaban J connectivity index is 1.76. The van der Waals surface area contributed by atoms with Gasteiger partial charge in [0.05, 0.1) is 0 Å². The van der Waals surface area contributed by atoms with Crippen LogP contribution in [0.2, 0.25) is 0 Å². The van der Waals surface area contributed by atoms with Crippen LogP contribution in [0.4, 0.5) is 0 Å². The highest BCUT2D eigenvalue weighted by atomic mass is 16.3. The Bertz CT molecular complexity index is 474. The average molecular weight is 274 g/mol. The van der Waals surface area contributed by atoms with Gasteiger partial charge in [0.15, 0.2) is 0 Å². The van der Waals surface area contributed by atoms with Gasteiger partial charge in [-0.05, 0) is 76.0 Å². The number of nitrogens with zero attached hydrogens (tertiary/aromatic N) is 2. The molecular formula is C17H26N2O. The summed E-state index contributed by atoms with van der Waals surface area (Å²) in [6.07, 6.45) is 6.28. The number of phenolic OH excluding ortho intramolecular Hbond substituents is 1. The summed E-state index contributed by atoms with van der Waals surface area (Å²) in [6.45, 7) is 2.37. The highest BCUT2D eigenvalue weighted by Crippen LogP contribution is 2.36. The minimum Gasteiger partial charge on any atom is -0.508 e. The Morgan fingerprint density at radius 1 is 1.30 bits per heavy atom. The van der Waals surface area contributed by atoms with Crippen molar-refractivity contribution in [1.29, 1.82) is 0 Å². The van der Waals surface area contributed by atoms with E-state index in [1.54, 1.807) is 0 Å². The maximum absolute atomic E-state index is 9.79. The molecule has 110 valence electrons. The van der Waals surface area contributed by atoms with Crippen molar-refractivity contribution in [2.45, 2.75) is 44.2 Å². The molecule has 3 heteroatoms. The van der Waals surface area contributed by atoms with Gasteiger partial charge >= 0.3 is 0 Å². The standard InChI is InChI=1S/C17H26N2O/c1-18-10-4-6-14(18)12-19(2)17-7-3-5-13-8-9-15(20)11-16(13)17/h8-9,11,14,17,20H,3-7,10,12H2,1-2H3. The van der Waals surface area contributed by atoms with Crippen molar-refractivity contribution >= 4 is 0 Å². The number of likely N-dealkylation sites (N-methyl/N-ethyl adjacent to an activating group) is 2. The van der Waals surface area contributed by atoms with E-state index in [9.17, 15) is 5.11 Å². The summed E-state index contributed by atoms with van der Waals surface area (Å²) in [5, 5.41) is 9.79. The Labute approximate surface area is 122 Å². The fourth-order valence-electron chi connectivity index (χ4n) is 3.89. The minimum atomic E-state index is 0.405.